The van der Waals surface area contributed by atoms with Gasteiger partial charge in [-0.15, -0.1) is 0 Å². The molecule has 6 nitrogen and oxygen atoms in total. The molecule has 0 spiro atoms. The molecule has 0 heterocycles. The van der Waals surface area contributed by atoms with Gasteiger partial charge in [-0.1, -0.05) is 36.4 Å². The molecule has 0 bridgehead atoms. The molecule has 0 aliphatic heterocycles. The van der Waals surface area contributed by atoms with Crippen LogP contribution in [0.5, 0.6) is 0 Å². The predicted octanol–water partition coefficient (Wildman–Crippen LogP) is 2.41. The van der Waals surface area contributed by atoms with Crippen molar-refractivity contribution in [3.05, 3.63) is 59.7 Å². The third-order valence-electron chi connectivity index (χ3n) is 3.29. The van der Waals surface area contributed by atoms with Crippen molar-refractivity contribution in [3.8, 4) is 0 Å². The number of aryl methyl sites for hydroxylation is 2. The highest BCUT2D eigenvalue weighted by molar-refractivity contribution is 7.87. The number of hydrogen-bond acceptors (Lipinski definition) is 6. The van der Waals surface area contributed by atoms with E-state index < -0.39 is 33.5 Å². The third-order valence-corrected chi connectivity index (χ3v) is 6.23. The van der Waals surface area contributed by atoms with Crippen LogP contribution in [0.1, 0.15) is 11.1 Å². The Morgan fingerprint density at radius 1 is 0.667 bits per heavy atom. The van der Waals surface area contributed by atoms with Crippen LogP contribution in [-0.4, -0.2) is 30.0 Å². The van der Waals surface area contributed by atoms with E-state index in [1.807, 2.05) is 0 Å². The molecule has 8 heteroatoms. The lowest BCUT2D eigenvalue weighted by Crippen LogP contribution is -2.16. The Labute approximate surface area is 142 Å². The Bertz CT molecular complexity index is 840. The van der Waals surface area contributed by atoms with E-state index in [2.05, 4.69) is 0 Å². The Kier molecular flexibility index (Phi) is 5.76. The average Bonchev–Trinajstić information content (AvgIpc) is 2.52. The molecule has 0 aliphatic carbocycles. The van der Waals surface area contributed by atoms with Crippen molar-refractivity contribution < 1.29 is 25.2 Å². The Balaban J connectivity index is 1.98. The minimum absolute atomic E-state index is 0.0479. The minimum atomic E-state index is -3.96. The van der Waals surface area contributed by atoms with E-state index in [9.17, 15) is 16.8 Å². The average molecular weight is 370 g/mol. The highest BCUT2D eigenvalue weighted by Crippen LogP contribution is 2.18. The van der Waals surface area contributed by atoms with Crippen LogP contribution in [0.25, 0.3) is 0 Å². The lowest BCUT2D eigenvalue weighted by molar-refractivity contribution is 0.224. The van der Waals surface area contributed by atoms with Gasteiger partial charge in [0.1, 0.15) is 0 Å². The minimum Gasteiger partial charge on any atom is -0.264 e. The summed E-state index contributed by atoms with van der Waals surface area (Å²) in [5, 5.41) is 0. The summed E-state index contributed by atoms with van der Waals surface area (Å²) in [6.45, 7) is 2.49. The van der Waals surface area contributed by atoms with Crippen molar-refractivity contribution in [2.75, 3.05) is 13.2 Å². The molecule has 0 aromatic heterocycles. The molecule has 2 rings (SSSR count). The fourth-order valence-corrected chi connectivity index (χ4v) is 4.33. The number of hydrogen-bond donors (Lipinski definition) is 0. The van der Waals surface area contributed by atoms with Gasteiger partial charge in [-0.2, -0.15) is 16.8 Å². The molecule has 0 N–H and O–H groups in total. The second-order valence-corrected chi connectivity index (χ2v) is 8.25. The van der Waals surface area contributed by atoms with Crippen LogP contribution in [0.3, 0.4) is 0 Å². The third kappa shape index (κ3) is 4.41. The van der Waals surface area contributed by atoms with Crippen LogP contribution >= 0.6 is 0 Å². The normalized spacial score (nSPS) is 12.2. The van der Waals surface area contributed by atoms with Crippen molar-refractivity contribution >= 4 is 20.2 Å². The van der Waals surface area contributed by atoms with E-state index >= 15 is 0 Å². The van der Waals surface area contributed by atoms with E-state index in [1.54, 1.807) is 50.2 Å². The second-order valence-electron chi connectivity index (χ2n) is 5.08. The van der Waals surface area contributed by atoms with E-state index in [1.165, 1.54) is 12.1 Å². The van der Waals surface area contributed by atoms with Crippen molar-refractivity contribution in [2.45, 2.75) is 23.6 Å². The topological polar surface area (TPSA) is 86.7 Å². The molecule has 0 radical (unpaired) electrons. The molecule has 0 saturated heterocycles. The van der Waals surface area contributed by atoms with Crippen molar-refractivity contribution in [1.82, 2.24) is 0 Å². The maximum Gasteiger partial charge on any atom is 0.297 e. The molecule has 24 heavy (non-hydrogen) atoms. The smallest absolute Gasteiger partial charge is 0.264 e. The Hall–Kier alpha value is -1.74. The molecule has 0 atom stereocenters. The first kappa shape index (κ1) is 18.6. The molecular weight excluding hydrogens is 352 g/mol. The molecular formula is C16H18O6S2. The maximum atomic E-state index is 12.1. The monoisotopic (exact) mass is 370 g/mol. The van der Waals surface area contributed by atoms with E-state index in [-0.39, 0.29) is 9.79 Å². The molecule has 130 valence electrons. The summed E-state index contributed by atoms with van der Waals surface area (Å²) >= 11 is 0. The first-order valence-electron chi connectivity index (χ1n) is 7.14. The van der Waals surface area contributed by atoms with Gasteiger partial charge in [0.2, 0.25) is 0 Å². The highest BCUT2D eigenvalue weighted by Gasteiger charge is 2.20. The van der Waals surface area contributed by atoms with Crippen LogP contribution in [0.4, 0.5) is 0 Å². The zero-order chi connectivity index (χ0) is 17.8. The predicted molar refractivity (Wildman–Crippen MR) is 88.6 cm³/mol. The summed E-state index contributed by atoms with van der Waals surface area (Å²) in [4.78, 5) is 0.0959. The summed E-state index contributed by atoms with van der Waals surface area (Å²) in [7, 11) is -7.91. The molecule has 0 unspecified atom stereocenters. The van der Waals surface area contributed by atoms with Crippen molar-refractivity contribution in [2.24, 2.45) is 0 Å². The highest BCUT2D eigenvalue weighted by atomic mass is 32.2. The van der Waals surface area contributed by atoms with Gasteiger partial charge in [0, 0.05) is 0 Å². The first-order valence-corrected chi connectivity index (χ1v) is 9.96. The largest absolute Gasteiger partial charge is 0.297 e. The molecule has 0 fully saturated rings. The molecule has 0 aliphatic rings. The summed E-state index contributed by atoms with van der Waals surface area (Å²) in [5.41, 5.74) is 1.09. The molecule has 2 aromatic carbocycles. The zero-order valence-corrected chi connectivity index (χ0v) is 14.9. The lowest BCUT2D eigenvalue weighted by atomic mass is 10.2. The quantitative estimate of drug-likeness (QED) is 0.549. The number of benzene rings is 2. The van der Waals surface area contributed by atoms with Crippen molar-refractivity contribution in [3.63, 3.8) is 0 Å². The van der Waals surface area contributed by atoms with Gasteiger partial charge in [-0.3, -0.25) is 8.37 Å². The summed E-state index contributed by atoms with van der Waals surface area (Å²) < 4.78 is 58.0. The fraction of sp³-hybridized carbons (Fsp3) is 0.250. The van der Waals surface area contributed by atoms with Gasteiger partial charge in [-0.25, -0.2) is 0 Å². The Morgan fingerprint density at radius 3 is 1.33 bits per heavy atom. The van der Waals surface area contributed by atoms with Gasteiger partial charge in [0.25, 0.3) is 20.2 Å². The number of rotatable bonds is 7. The van der Waals surface area contributed by atoms with E-state index in [4.69, 9.17) is 8.37 Å². The van der Waals surface area contributed by atoms with Crippen LogP contribution in [0, 0.1) is 13.8 Å². The van der Waals surface area contributed by atoms with Crippen molar-refractivity contribution in [1.29, 1.82) is 0 Å². The first-order chi connectivity index (χ1) is 11.2. The van der Waals surface area contributed by atoms with Gasteiger partial charge in [-0.05, 0) is 37.1 Å². The zero-order valence-electron chi connectivity index (χ0n) is 13.3. The van der Waals surface area contributed by atoms with Crippen LogP contribution < -0.4 is 0 Å². The van der Waals surface area contributed by atoms with Crippen LogP contribution in [0.2, 0.25) is 0 Å². The maximum absolute atomic E-state index is 12.1. The molecule has 2 aromatic rings. The summed E-state index contributed by atoms with van der Waals surface area (Å²) in [6.07, 6.45) is 0. The van der Waals surface area contributed by atoms with E-state index in [0.717, 1.165) is 0 Å². The Morgan fingerprint density at radius 2 is 1.00 bits per heavy atom. The standard InChI is InChI=1S/C16H18O6S2/c1-13-7-3-5-9-15(13)23(17,18)21-11-12-22-24(19,20)16-10-6-4-8-14(16)2/h3-10H,11-12H2,1-2H3. The fourth-order valence-electron chi connectivity index (χ4n) is 2.09. The molecule has 0 amide bonds. The van der Waals surface area contributed by atoms with Gasteiger partial charge in [0.15, 0.2) is 0 Å². The van der Waals surface area contributed by atoms with E-state index in [0.29, 0.717) is 11.1 Å². The van der Waals surface area contributed by atoms with Gasteiger partial charge in [0.05, 0.1) is 23.0 Å². The molecule has 0 saturated carbocycles. The van der Waals surface area contributed by atoms with Gasteiger partial charge >= 0.3 is 0 Å². The van der Waals surface area contributed by atoms with Gasteiger partial charge < -0.3 is 0 Å². The SMILES string of the molecule is Cc1ccccc1S(=O)(=O)OCCOS(=O)(=O)c1ccccc1C. The lowest BCUT2D eigenvalue weighted by Gasteiger charge is -2.09. The summed E-state index contributed by atoms with van der Waals surface area (Å²) in [6, 6.07) is 12.7. The summed E-state index contributed by atoms with van der Waals surface area (Å²) in [5.74, 6) is 0. The second kappa shape index (κ2) is 7.43. The van der Waals surface area contributed by atoms with Crippen LogP contribution in [-0.2, 0) is 28.6 Å². The van der Waals surface area contributed by atoms with Crippen LogP contribution in [0.15, 0.2) is 58.3 Å².